The van der Waals surface area contributed by atoms with Gasteiger partial charge in [0.15, 0.2) is 0 Å². The smallest absolute Gasteiger partial charge is 0.145 e. The lowest BCUT2D eigenvalue weighted by Gasteiger charge is -2.10. The first-order chi connectivity index (χ1) is 11.1. The van der Waals surface area contributed by atoms with Crippen molar-refractivity contribution >= 4 is 17.3 Å². The molecule has 0 saturated heterocycles. The third-order valence-electron chi connectivity index (χ3n) is 3.62. The molecule has 1 N–H and O–H groups in total. The summed E-state index contributed by atoms with van der Waals surface area (Å²) in [7, 11) is 0. The predicted molar refractivity (Wildman–Crippen MR) is 85.5 cm³/mol. The van der Waals surface area contributed by atoms with Gasteiger partial charge in [-0.05, 0) is 12.1 Å². The van der Waals surface area contributed by atoms with Crippen LogP contribution in [0.25, 0.3) is 0 Å². The highest BCUT2D eigenvalue weighted by atomic mass is 35.5. The Kier molecular flexibility index (Phi) is 4.88. The minimum absolute atomic E-state index is 0.134. The third kappa shape index (κ3) is 3.86. The first kappa shape index (κ1) is 15.9. The van der Waals surface area contributed by atoms with E-state index in [-0.39, 0.29) is 6.10 Å². The zero-order chi connectivity index (χ0) is 16.2. The average Bonchev–Trinajstić information content (AvgIpc) is 2.98. The molecule has 0 radical (unpaired) electrons. The van der Waals surface area contributed by atoms with Crippen LogP contribution in [-0.2, 0) is 11.4 Å². The van der Waals surface area contributed by atoms with E-state index < -0.39 is 11.6 Å². The lowest BCUT2D eigenvalue weighted by Crippen LogP contribution is -2.27. The molecule has 1 atom stereocenters. The molecule has 0 bridgehead atoms. The van der Waals surface area contributed by atoms with Crippen LogP contribution < -0.4 is 5.32 Å². The number of benzene rings is 2. The summed E-state index contributed by atoms with van der Waals surface area (Å²) in [5, 5.41) is 7.80. The Hall–Kier alpha value is -1.98. The van der Waals surface area contributed by atoms with Crippen molar-refractivity contribution < 1.29 is 13.6 Å². The Balaban J connectivity index is 1.51. The Labute approximate surface area is 137 Å². The van der Waals surface area contributed by atoms with Gasteiger partial charge < -0.3 is 10.2 Å². The zero-order valence-electron chi connectivity index (χ0n) is 12.2. The number of rotatable bonds is 5. The normalized spacial score (nSPS) is 17.0. The van der Waals surface area contributed by atoms with Crippen molar-refractivity contribution in [2.24, 2.45) is 5.16 Å². The Morgan fingerprint density at radius 1 is 1.22 bits per heavy atom. The molecule has 0 spiro atoms. The van der Waals surface area contributed by atoms with Crippen LogP contribution in [-0.4, -0.2) is 18.4 Å². The molecule has 120 valence electrons. The summed E-state index contributed by atoms with van der Waals surface area (Å²) in [6, 6.07) is 11.0. The maximum atomic E-state index is 13.5. The van der Waals surface area contributed by atoms with Gasteiger partial charge in [-0.15, -0.1) is 0 Å². The molecule has 3 rings (SSSR count). The average molecular weight is 337 g/mol. The van der Waals surface area contributed by atoms with Gasteiger partial charge in [-0.25, -0.2) is 8.78 Å². The van der Waals surface area contributed by atoms with Gasteiger partial charge in [-0.2, -0.15) is 0 Å². The minimum atomic E-state index is -0.580. The number of hydrogen-bond acceptors (Lipinski definition) is 3. The molecular formula is C17H15ClF2N2O. The molecule has 0 amide bonds. The quantitative estimate of drug-likeness (QED) is 0.898. The monoisotopic (exact) mass is 336 g/mol. The molecule has 0 saturated carbocycles. The summed E-state index contributed by atoms with van der Waals surface area (Å²) in [6.07, 6.45) is 0.493. The fraction of sp³-hybridized carbons (Fsp3) is 0.235. The van der Waals surface area contributed by atoms with E-state index in [0.29, 0.717) is 30.1 Å². The molecule has 6 heteroatoms. The SMILES string of the molecule is Fc1ccc(CNC[C@H]2CC(c3ccccc3Cl)=NO2)c(F)c1. The zero-order valence-corrected chi connectivity index (χ0v) is 13.0. The highest BCUT2D eigenvalue weighted by Crippen LogP contribution is 2.22. The molecule has 0 fully saturated rings. The number of oxime groups is 1. The van der Waals surface area contributed by atoms with E-state index >= 15 is 0 Å². The van der Waals surface area contributed by atoms with Gasteiger partial charge in [-0.1, -0.05) is 41.0 Å². The van der Waals surface area contributed by atoms with E-state index in [9.17, 15) is 8.78 Å². The van der Waals surface area contributed by atoms with Crippen LogP contribution in [0.1, 0.15) is 17.5 Å². The summed E-state index contributed by atoms with van der Waals surface area (Å²) in [5.74, 6) is -1.14. The topological polar surface area (TPSA) is 33.6 Å². The third-order valence-corrected chi connectivity index (χ3v) is 3.95. The predicted octanol–water partition coefficient (Wildman–Crippen LogP) is 3.90. The maximum Gasteiger partial charge on any atom is 0.145 e. The highest BCUT2D eigenvalue weighted by Gasteiger charge is 2.23. The van der Waals surface area contributed by atoms with Gasteiger partial charge in [0.2, 0.25) is 0 Å². The van der Waals surface area contributed by atoms with Crippen LogP contribution in [0.3, 0.4) is 0 Å². The lowest BCUT2D eigenvalue weighted by molar-refractivity contribution is 0.0848. The van der Waals surface area contributed by atoms with Gasteiger partial charge in [0.25, 0.3) is 0 Å². The molecule has 0 aliphatic carbocycles. The number of nitrogens with zero attached hydrogens (tertiary/aromatic N) is 1. The second-order valence-electron chi connectivity index (χ2n) is 5.32. The van der Waals surface area contributed by atoms with Gasteiger partial charge >= 0.3 is 0 Å². The first-order valence-electron chi connectivity index (χ1n) is 7.25. The first-order valence-corrected chi connectivity index (χ1v) is 7.63. The van der Waals surface area contributed by atoms with Crippen molar-refractivity contribution in [3.05, 3.63) is 70.2 Å². The standard InChI is InChI=1S/C17H15ClF2N2O/c18-15-4-2-1-3-14(15)17-8-13(23-22-17)10-21-9-11-5-6-12(19)7-16(11)20/h1-7,13,21H,8-10H2/t13-/m1/s1. The second-order valence-corrected chi connectivity index (χ2v) is 5.72. The summed E-state index contributed by atoms with van der Waals surface area (Å²) >= 11 is 6.14. The fourth-order valence-electron chi connectivity index (χ4n) is 2.43. The summed E-state index contributed by atoms with van der Waals surface area (Å²) in [4.78, 5) is 5.38. The van der Waals surface area contributed by atoms with Crippen LogP contribution in [0.4, 0.5) is 8.78 Å². The van der Waals surface area contributed by atoms with E-state index in [4.69, 9.17) is 16.4 Å². The molecular weight excluding hydrogens is 322 g/mol. The van der Waals surface area contributed by atoms with Gasteiger partial charge in [0.1, 0.15) is 17.7 Å². The van der Waals surface area contributed by atoms with Crippen molar-refractivity contribution in [3.8, 4) is 0 Å². The second kappa shape index (κ2) is 7.06. The number of nitrogens with one attached hydrogen (secondary N) is 1. The largest absolute Gasteiger partial charge is 0.390 e. The van der Waals surface area contributed by atoms with Crippen molar-refractivity contribution in [2.75, 3.05) is 6.54 Å². The molecule has 0 aromatic heterocycles. The van der Waals surface area contributed by atoms with E-state index in [1.807, 2.05) is 24.3 Å². The number of hydrogen-bond donors (Lipinski definition) is 1. The fourth-order valence-corrected chi connectivity index (χ4v) is 2.67. The summed E-state index contributed by atoms with van der Waals surface area (Å²) in [5.41, 5.74) is 2.08. The van der Waals surface area contributed by atoms with Crippen LogP contribution in [0.15, 0.2) is 47.6 Å². The van der Waals surface area contributed by atoms with Crippen molar-refractivity contribution in [1.82, 2.24) is 5.32 Å². The molecule has 1 aliphatic heterocycles. The summed E-state index contributed by atoms with van der Waals surface area (Å²) < 4.78 is 26.4. The molecule has 1 heterocycles. The summed E-state index contributed by atoms with van der Waals surface area (Å²) in [6.45, 7) is 0.807. The van der Waals surface area contributed by atoms with Gasteiger partial charge in [0, 0.05) is 41.7 Å². The molecule has 0 unspecified atom stereocenters. The Morgan fingerprint density at radius 3 is 2.83 bits per heavy atom. The Bertz CT molecular complexity index is 736. The van der Waals surface area contributed by atoms with E-state index in [0.717, 1.165) is 17.3 Å². The number of halogens is 3. The van der Waals surface area contributed by atoms with Crippen molar-refractivity contribution in [1.29, 1.82) is 0 Å². The highest BCUT2D eigenvalue weighted by molar-refractivity contribution is 6.34. The van der Waals surface area contributed by atoms with E-state index in [2.05, 4.69) is 10.5 Å². The van der Waals surface area contributed by atoms with Gasteiger partial charge in [-0.3, -0.25) is 0 Å². The van der Waals surface area contributed by atoms with Crippen LogP contribution in [0, 0.1) is 11.6 Å². The lowest BCUT2D eigenvalue weighted by atomic mass is 10.0. The van der Waals surface area contributed by atoms with Crippen molar-refractivity contribution in [3.63, 3.8) is 0 Å². The Morgan fingerprint density at radius 2 is 2.04 bits per heavy atom. The molecule has 2 aromatic carbocycles. The van der Waals surface area contributed by atoms with Gasteiger partial charge in [0.05, 0.1) is 5.71 Å². The molecule has 1 aliphatic rings. The van der Waals surface area contributed by atoms with E-state index in [1.165, 1.54) is 12.1 Å². The van der Waals surface area contributed by atoms with Crippen LogP contribution in [0.5, 0.6) is 0 Å². The van der Waals surface area contributed by atoms with E-state index in [1.54, 1.807) is 0 Å². The minimum Gasteiger partial charge on any atom is -0.390 e. The molecule has 2 aromatic rings. The van der Waals surface area contributed by atoms with Crippen molar-refractivity contribution in [2.45, 2.75) is 19.1 Å². The molecule has 3 nitrogen and oxygen atoms in total. The molecule has 23 heavy (non-hydrogen) atoms. The van der Waals surface area contributed by atoms with Crippen LogP contribution >= 0.6 is 11.6 Å². The van der Waals surface area contributed by atoms with Crippen LogP contribution in [0.2, 0.25) is 5.02 Å². The maximum absolute atomic E-state index is 13.5.